The molecule has 3 atom stereocenters. The van der Waals surface area contributed by atoms with Crippen molar-refractivity contribution in [3.8, 4) is 6.07 Å². The number of piperazine rings is 1. The van der Waals surface area contributed by atoms with E-state index in [1.165, 1.54) is 18.3 Å². The van der Waals surface area contributed by atoms with E-state index >= 15 is 0 Å². The molecular formula is C35H36ClF4N7O4. The first kappa shape index (κ1) is 37.3. The van der Waals surface area contributed by atoms with Crippen LogP contribution in [0.2, 0.25) is 5.02 Å². The summed E-state index contributed by atoms with van der Waals surface area (Å²) in [5, 5.41) is 15.6. The number of ether oxygens (including phenoxy) is 1. The summed E-state index contributed by atoms with van der Waals surface area (Å²) in [4.78, 5) is 52.7. The first-order chi connectivity index (χ1) is 24.0. The van der Waals surface area contributed by atoms with Crippen molar-refractivity contribution in [3.63, 3.8) is 0 Å². The predicted octanol–water partition coefficient (Wildman–Crippen LogP) is 6.19. The summed E-state index contributed by atoms with van der Waals surface area (Å²) in [6.07, 6.45) is -0.521. The second kappa shape index (κ2) is 15.1. The van der Waals surface area contributed by atoms with Gasteiger partial charge in [0.1, 0.15) is 35.5 Å². The van der Waals surface area contributed by atoms with E-state index in [0.29, 0.717) is 6.07 Å². The Kier molecular flexibility index (Phi) is 11.0. The molecule has 3 amide bonds. The highest BCUT2D eigenvalue weighted by molar-refractivity contribution is 6.31. The maximum Gasteiger partial charge on any atom is 0.410 e. The third-order valence-electron chi connectivity index (χ3n) is 8.51. The van der Waals surface area contributed by atoms with Crippen molar-refractivity contribution in [2.75, 3.05) is 23.3 Å². The van der Waals surface area contributed by atoms with Crippen LogP contribution in [-0.2, 0) is 14.3 Å². The summed E-state index contributed by atoms with van der Waals surface area (Å²) in [5.74, 6) is -7.81. The van der Waals surface area contributed by atoms with Crippen LogP contribution in [0.4, 0.5) is 34.0 Å². The number of hydrogen-bond acceptors (Lipinski definition) is 8. The Labute approximate surface area is 296 Å². The molecule has 5 rings (SSSR count). The van der Waals surface area contributed by atoms with E-state index in [1.807, 2.05) is 6.07 Å². The van der Waals surface area contributed by atoms with Gasteiger partial charge in [-0.1, -0.05) is 29.8 Å². The van der Waals surface area contributed by atoms with Crippen molar-refractivity contribution in [1.29, 1.82) is 5.26 Å². The number of hydrogen-bond donors (Lipinski definition) is 2. The molecule has 16 heteroatoms. The molecule has 3 aromatic rings. The third kappa shape index (κ3) is 9.23. The minimum Gasteiger partial charge on any atom is -0.444 e. The lowest BCUT2D eigenvalue weighted by molar-refractivity contribution is -0.126. The Bertz CT molecular complexity index is 1810. The summed E-state index contributed by atoms with van der Waals surface area (Å²) >= 11 is 6.70. The third-order valence-corrected chi connectivity index (χ3v) is 8.86. The molecule has 0 spiro atoms. The van der Waals surface area contributed by atoms with Crippen LogP contribution < -0.4 is 15.5 Å². The number of aromatic nitrogens is 2. The molecule has 2 fully saturated rings. The number of benzene rings is 2. The van der Waals surface area contributed by atoms with Crippen LogP contribution in [-0.4, -0.2) is 75.5 Å². The molecule has 0 radical (unpaired) electrons. The Morgan fingerprint density at radius 3 is 2.39 bits per heavy atom. The lowest BCUT2D eigenvalue weighted by atomic mass is 9.83. The first-order valence-electron chi connectivity index (χ1n) is 16.2. The molecule has 51 heavy (non-hydrogen) atoms. The Morgan fingerprint density at radius 2 is 1.76 bits per heavy atom. The average Bonchev–Trinajstić information content (AvgIpc) is 3.04. The smallest absolute Gasteiger partial charge is 0.410 e. The maximum atomic E-state index is 14.6. The summed E-state index contributed by atoms with van der Waals surface area (Å²) < 4.78 is 62.9. The summed E-state index contributed by atoms with van der Waals surface area (Å²) in [7, 11) is 0. The van der Waals surface area contributed by atoms with Crippen molar-refractivity contribution in [3.05, 3.63) is 82.6 Å². The van der Waals surface area contributed by atoms with Gasteiger partial charge in [0.05, 0.1) is 18.0 Å². The monoisotopic (exact) mass is 729 g/mol. The van der Waals surface area contributed by atoms with Gasteiger partial charge in [0.2, 0.25) is 23.7 Å². The van der Waals surface area contributed by atoms with Crippen molar-refractivity contribution < 1.29 is 36.7 Å². The van der Waals surface area contributed by atoms with Gasteiger partial charge in [-0.3, -0.25) is 19.4 Å². The minimum absolute atomic E-state index is 0.0174. The van der Waals surface area contributed by atoms with Crippen molar-refractivity contribution >= 4 is 41.1 Å². The number of anilines is 2. The van der Waals surface area contributed by atoms with Crippen molar-refractivity contribution in [2.45, 2.75) is 82.0 Å². The zero-order chi connectivity index (χ0) is 37.1. The van der Waals surface area contributed by atoms with E-state index in [4.69, 9.17) is 16.3 Å². The van der Waals surface area contributed by atoms with Gasteiger partial charge in [-0.15, -0.1) is 0 Å². The van der Waals surface area contributed by atoms with Gasteiger partial charge in [-0.2, -0.15) is 5.26 Å². The van der Waals surface area contributed by atoms with Crippen molar-refractivity contribution in [2.24, 2.45) is 0 Å². The van der Waals surface area contributed by atoms with Crippen molar-refractivity contribution in [1.82, 2.24) is 20.2 Å². The van der Waals surface area contributed by atoms with E-state index < -0.39 is 84.5 Å². The molecule has 2 aliphatic rings. The average molecular weight is 730 g/mol. The van der Waals surface area contributed by atoms with Gasteiger partial charge < -0.3 is 15.4 Å². The minimum atomic E-state index is -2.87. The zero-order valence-corrected chi connectivity index (χ0v) is 28.8. The van der Waals surface area contributed by atoms with E-state index in [2.05, 4.69) is 20.6 Å². The lowest BCUT2D eigenvalue weighted by Gasteiger charge is -2.45. The van der Waals surface area contributed by atoms with Gasteiger partial charge in [0.15, 0.2) is 0 Å². The van der Waals surface area contributed by atoms with Crippen LogP contribution in [0.5, 0.6) is 0 Å². The Morgan fingerprint density at radius 1 is 1.10 bits per heavy atom. The maximum absolute atomic E-state index is 14.6. The highest BCUT2D eigenvalue weighted by atomic mass is 35.5. The quantitative estimate of drug-likeness (QED) is 0.262. The summed E-state index contributed by atoms with van der Waals surface area (Å²) in [5.41, 5.74) is -0.953. The summed E-state index contributed by atoms with van der Waals surface area (Å²) in [6.45, 7) is 4.10. The fraction of sp³-hybridized carbons (Fsp3) is 0.429. The molecular weight excluding hydrogens is 694 g/mol. The highest BCUT2D eigenvalue weighted by Gasteiger charge is 2.48. The van der Waals surface area contributed by atoms with Crippen LogP contribution in [0.25, 0.3) is 0 Å². The van der Waals surface area contributed by atoms with E-state index in [1.54, 1.807) is 39.0 Å². The molecule has 0 bridgehead atoms. The highest BCUT2D eigenvalue weighted by Crippen LogP contribution is 2.37. The van der Waals surface area contributed by atoms with Gasteiger partial charge in [0.25, 0.3) is 0 Å². The van der Waals surface area contributed by atoms with Gasteiger partial charge in [-0.05, 0) is 63.4 Å². The standard InChI is InChI=1S/C35H36ClF4N7O4/c1-34(2,3)51-33(50)46-18-27(47(28(48)19-46)32-42-13-10-23(17-41)45-32)30(43-24-15-20(37)14-21(38)16-24)29(25-6-4-5-7-26(25)36)31(49)44-22-8-11-35(39,40)12-9-22/h4-7,10,13-16,22,27,29-30,43H,8-9,11-12,18-19H2,1-3H3,(H,44,49)/t27-,29-,30?/m0/s1. The molecule has 2 aromatic carbocycles. The summed E-state index contributed by atoms with van der Waals surface area (Å²) in [6, 6.07) is 8.83. The molecule has 2 N–H and O–H groups in total. The van der Waals surface area contributed by atoms with Gasteiger partial charge >= 0.3 is 6.09 Å². The van der Waals surface area contributed by atoms with Crippen LogP contribution in [0.3, 0.4) is 0 Å². The van der Waals surface area contributed by atoms with Crippen LogP contribution in [0.15, 0.2) is 54.7 Å². The van der Waals surface area contributed by atoms with Crippen LogP contribution in [0, 0.1) is 23.0 Å². The Balaban J connectivity index is 1.69. The number of rotatable bonds is 8. The van der Waals surface area contributed by atoms with E-state index in [9.17, 15) is 37.2 Å². The number of carbonyl (C=O) groups excluding carboxylic acids is 3. The first-order valence-corrected chi connectivity index (χ1v) is 16.6. The van der Waals surface area contributed by atoms with E-state index in [0.717, 1.165) is 21.9 Å². The number of nitrogens with one attached hydrogen (secondary N) is 2. The molecule has 270 valence electrons. The second-order valence-electron chi connectivity index (χ2n) is 13.5. The molecule has 1 saturated carbocycles. The number of nitriles is 1. The molecule has 11 nitrogen and oxygen atoms in total. The molecule has 2 heterocycles. The predicted molar refractivity (Wildman–Crippen MR) is 179 cm³/mol. The molecule has 1 aliphatic heterocycles. The second-order valence-corrected chi connectivity index (χ2v) is 13.9. The number of halogens is 5. The zero-order valence-electron chi connectivity index (χ0n) is 28.0. The molecule has 1 aromatic heterocycles. The van der Waals surface area contributed by atoms with Crippen LogP contribution >= 0.6 is 11.6 Å². The van der Waals surface area contributed by atoms with Gasteiger partial charge in [-0.25, -0.2) is 32.3 Å². The van der Waals surface area contributed by atoms with E-state index in [-0.39, 0.29) is 47.3 Å². The SMILES string of the molecule is CC(C)(C)OC(=O)N1CC(=O)N(c2nccc(C#N)n2)[C@H](C(Nc2cc(F)cc(F)c2)[C@@H](C(=O)NC2CCC(F)(F)CC2)c2ccccc2Cl)C1. The number of amides is 3. The topological polar surface area (TPSA) is 141 Å². The fourth-order valence-corrected chi connectivity index (χ4v) is 6.51. The Hall–Kier alpha value is -4.97. The normalized spacial score (nSPS) is 19.1. The molecule has 1 unspecified atom stereocenters. The van der Waals surface area contributed by atoms with Crippen LogP contribution in [0.1, 0.15) is 63.6 Å². The molecule has 1 aliphatic carbocycles. The fourth-order valence-electron chi connectivity index (χ4n) is 6.25. The number of alkyl halides is 2. The largest absolute Gasteiger partial charge is 0.444 e. The lowest BCUT2D eigenvalue weighted by Crippen LogP contribution is -2.66. The number of carbonyl (C=O) groups is 3. The van der Waals surface area contributed by atoms with Gasteiger partial charge in [0, 0.05) is 48.4 Å². The number of nitrogens with zero attached hydrogens (tertiary/aromatic N) is 5. The molecule has 1 saturated heterocycles.